The monoisotopic (exact) mass is 428 g/mol. The van der Waals surface area contributed by atoms with Crippen LogP contribution in [-0.4, -0.2) is 69.6 Å². The number of rotatable bonds is 11. The summed E-state index contributed by atoms with van der Waals surface area (Å²) in [5.41, 5.74) is 0.633. The summed E-state index contributed by atoms with van der Waals surface area (Å²) in [5, 5.41) is 7.97. The second-order valence-electron chi connectivity index (χ2n) is 5.67. The molecule has 0 aliphatic rings. The number of carbonyl (C=O) groups is 3. The topological polar surface area (TPSA) is 99.8 Å². The number of para-hydroxylation sites is 1. The number of nitrogens with zero attached hydrogens (tertiary/aromatic N) is 1. The van der Waals surface area contributed by atoms with Crippen molar-refractivity contribution in [3.8, 4) is 0 Å². The zero-order chi connectivity index (χ0) is 19.4. The lowest BCUT2D eigenvalue weighted by molar-refractivity contribution is -0.126. The van der Waals surface area contributed by atoms with Gasteiger partial charge in [-0.1, -0.05) is 12.1 Å². The van der Waals surface area contributed by atoms with E-state index >= 15 is 0 Å². The third kappa shape index (κ3) is 9.50. The summed E-state index contributed by atoms with van der Waals surface area (Å²) in [6, 6.07) is 7.20. The molecule has 0 radical (unpaired) electrons. The van der Waals surface area contributed by atoms with E-state index in [-0.39, 0.29) is 37.4 Å². The Labute approximate surface area is 161 Å². The van der Waals surface area contributed by atoms with Gasteiger partial charge < -0.3 is 20.7 Å². The van der Waals surface area contributed by atoms with Crippen LogP contribution in [0.4, 0.5) is 5.69 Å². The number of halogens is 1. The fourth-order valence-corrected chi connectivity index (χ4v) is 2.42. The molecular formula is C17H25BrN4O4. The van der Waals surface area contributed by atoms with Crippen molar-refractivity contribution in [2.24, 2.45) is 0 Å². The number of likely N-dealkylation sites (N-methyl/N-ethyl adjacent to an activating group) is 1. The third-order valence-electron chi connectivity index (χ3n) is 3.27. The average Bonchev–Trinajstić information content (AvgIpc) is 2.59. The Morgan fingerprint density at radius 1 is 1.08 bits per heavy atom. The summed E-state index contributed by atoms with van der Waals surface area (Å²) in [4.78, 5) is 37.0. The van der Waals surface area contributed by atoms with Gasteiger partial charge in [-0.05, 0) is 41.5 Å². The Bertz CT molecular complexity index is 612. The van der Waals surface area contributed by atoms with Crippen molar-refractivity contribution in [1.29, 1.82) is 0 Å². The van der Waals surface area contributed by atoms with E-state index in [0.717, 1.165) is 10.9 Å². The zero-order valence-electron chi connectivity index (χ0n) is 15.0. The predicted octanol–water partition coefficient (Wildman–Crippen LogP) is 0.588. The first-order valence-corrected chi connectivity index (χ1v) is 8.97. The molecule has 0 aliphatic heterocycles. The Hall–Kier alpha value is -1.97. The highest BCUT2D eigenvalue weighted by atomic mass is 79.9. The molecule has 26 heavy (non-hydrogen) atoms. The maximum atomic E-state index is 11.9. The van der Waals surface area contributed by atoms with E-state index in [9.17, 15) is 14.4 Å². The second kappa shape index (κ2) is 12.4. The molecule has 3 amide bonds. The molecule has 8 nitrogen and oxygen atoms in total. The fourth-order valence-electron chi connectivity index (χ4n) is 2.04. The Kier molecular flexibility index (Phi) is 10.5. The van der Waals surface area contributed by atoms with Crippen molar-refractivity contribution >= 4 is 39.3 Å². The van der Waals surface area contributed by atoms with Crippen LogP contribution in [0, 0.1) is 0 Å². The number of anilines is 1. The molecule has 144 valence electrons. The highest BCUT2D eigenvalue weighted by Crippen LogP contribution is 2.20. The molecule has 9 heteroatoms. The van der Waals surface area contributed by atoms with Crippen molar-refractivity contribution in [3.05, 3.63) is 28.7 Å². The van der Waals surface area contributed by atoms with Crippen LogP contribution in [0.2, 0.25) is 0 Å². The average molecular weight is 429 g/mol. The van der Waals surface area contributed by atoms with Gasteiger partial charge >= 0.3 is 0 Å². The van der Waals surface area contributed by atoms with Crippen molar-refractivity contribution < 1.29 is 19.1 Å². The quantitative estimate of drug-likeness (QED) is 0.447. The summed E-state index contributed by atoms with van der Waals surface area (Å²) < 4.78 is 5.66. The van der Waals surface area contributed by atoms with Crippen molar-refractivity contribution in [1.82, 2.24) is 15.5 Å². The van der Waals surface area contributed by atoms with E-state index in [1.54, 1.807) is 31.2 Å². The van der Waals surface area contributed by atoms with Crippen molar-refractivity contribution in [2.45, 2.75) is 6.42 Å². The molecule has 0 saturated carbocycles. The number of benzene rings is 1. The standard InChI is InChI=1S/C17H25BrN4O4/c1-22(11-16(24)19-8-5-9-26-2)12-17(25)20-10-15(23)21-14-7-4-3-6-13(14)18/h3-4,6-7H,5,8-12H2,1-2H3,(H,19,24)(H,20,25)(H,21,23). The molecule has 0 saturated heterocycles. The molecule has 0 unspecified atom stereocenters. The van der Waals surface area contributed by atoms with Crippen LogP contribution in [0.3, 0.4) is 0 Å². The lowest BCUT2D eigenvalue weighted by Crippen LogP contribution is -2.42. The number of methoxy groups -OCH3 is 1. The molecule has 1 rings (SSSR count). The maximum absolute atomic E-state index is 11.9. The minimum Gasteiger partial charge on any atom is -0.385 e. The lowest BCUT2D eigenvalue weighted by atomic mass is 10.3. The molecule has 0 aromatic heterocycles. The number of hydrogen-bond acceptors (Lipinski definition) is 5. The molecule has 0 spiro atoms. The highest BCUT2D eigenvalue weighted by Gasteiger charge is 2.12. The van der Waals surface area contributed by atoms with E-state index in [2.05, 4.69) is 31.9 Å². The van der Waals surface area contributed by atoms with Crippen LogP contribution in [0.5, 0.6) is 0 Å². The fraction of sp³-hybridized carbons (Fsp3) is 0.471. The van der Waals surface area contributed by atoms with Crippen LogP contribution >= 0.6 is 15.9 Å². The van der Waals surface area contributed by atoms with Crippen molar-refractivity contribution in [3.63, 3.8) is 0 Å². The molecule has 3 N–H and O–H groups in total. The Morgan fingerprint density at radius 2 is 1.73 bits per heavy atom. The molecule has 0 atom stereocenters. The van der Waals surface area contributed by atoms with Gasteiger partial charge in [0.2, 0.25) is 17.7 Å². The van der Waals surface area contributed by atoms with E-state index < -0.39 is 0 Å². The van der Waals surface area contributed by atoms with E-state index in [4.69, 9.17) is 4.74 Å². The van der Waals surface area contributed by atoms with Gasteiger partial charge in [0.05, 0.1) is 25.3 Å². The minimum absolute atomic E-state index is 0.0216. The number of hydrogen-bond donors (Lipinski definition) is 3. The maximum Gasteiger partial charge on any atom is 0.243 e. The first-order chi connectivity index (χ1) is 12.4. The van der Waals surface area contributed by atoms with Gasteiger partial charge in [0.15, 0.2) is 0 Å². The van der Waals surface area contributed by atoms with E-state index in [1.165, 1.54) is 0 Å². The van der Waals surface area contributed by atoms with Gasteiger partial charge in [0.1, 0.15) is 0 Å². The summed E-state index contributed by atoms with van der Waals surface area (Å²) >= 11 is 3.33. The molecule has 0 fully saturated rings. The van der Waals surface area contributed by atoms with Crippen LogP contribution in [0.25, 0.3) is 0 Å². The lowest BCUT2D eigenvalue weighted by Gasteiger charge is -2.16. The summed E-state index contributed by atoms with van der Waals surface area (Å²) in [6.07, 6.45) is 0.735. The van der Waals surface area contributed by atoms with E-state index in [1.807, 2.05) is 12.1 Å². The minimum atomic E-state index is -0.332. The first-order valence-electron chi connectivity index (χ1n) is 8.17. The van der Waals surface area contributed by atoms with Crippen molar-refractivity contribution in [2.75, 3.05) is 52.3 Å². The van der Waals surface area contributed by atoms with Crippen LogP contribution in [-0.2, 0) is 19.1 Å². The van der Waals surface area contributed by atoms with Gasteiger partial charge in [0, 0.05) is 24.7 Å². The smallest absolute Gasteiger partial charge is 0.243 e. The van der Waals surface area contributed by atoms with Gasteiger partial charge in [-0.2, -0.15) is 0 Å². The van der Waals surface area contributed by atoms with Gasteiger partial charge in [-0.25, -0.2) is 0 Å². The van der Waals surface area contributed by atoms with E-state index in [0.29, 0.717) is 18.8 Å². The van der Waals surface area contributed by atoms with Crippen LogP contribution in [0.1, 0.15) is 6.42 Å². The molecule has 1 aromatic carbocycles. The zero-order valence-corrected chi connectivity index (χ0v) is 16.6. The summed E-state index contributed by atoms with van der Waals surface area (Å²) in [7, 11) is 3.27. The Morgan fingerprint density at radius 3 is 2.38 bits per heavy atom. The molecule has 0 heterocycles. The predicted molar refractivity (Wildman–Crippen MR) is 103 cm³/mol. The van der Waals surface area contributed by atoms with Gasteiger partial charge in [-0.3, -0.25) is 19.3 Å². The second-order valence-corrected chi connectivity index (χ2v) is 6.53. The molecule has 1 aromatic rings. The normalized spacial score (nSPS) is 10.5. The first kappa shape index (κ1) is 22.1. The number of amides is 3. The third-order valence-corrected chi connectivity index (χ3v) is 3.96. The number of carbonyl (C=O) groups excluding carboxylic acids is 3. The highest BCUT2D eigenvalue weighted by molar-refractivity contribution is 9.10. The number of nitrogens with one attached hydrogen (secondary N) is 3. The van der Waals surface area contributed by atoms with Crippen LogP contribution < -0.4 is 16.0 Å². The summed E-state index contributed by atoms with van der Waals surface area (Å²) in [5.74, 6) is -0.825. The largest absolute Gasteiger partial charge is 0.385 e. The molecular weight excluding hydrogens is 404 g/mol. The van der Waals surface area contributed by atoms with Crippen LogP contribution in [0.15, 0.2) is 28.7 Å². The molecule has 0 aliphatic carbocycles. The SMILES string of the molecule is COCCCNC(=O)CN(C)CC(=O)NCC(=O)Nc1ccccc1Br. The van der Waals surface area contributed by atoms with Gasteiger partial charge in [-0.15, -0.1) is 0 Å². The Balaban J connectivity index is 2.23. The summed E-state index contributed by atoms with van der Waals surface area (Å²) in [6.45, 7) is 1.09. The number of ether oxygens (including phenoxy) is 1. The molecule has 0 bridgehead atoms. The van der Waals surface area contributed by atoms with Gasteiger partial charge in [0.25, 0.3) is 0 Å².